The van der Waals surface area contributed by atoms with Gasteiger partial charge in [0.15, 0.2) is 0 Å². The van der Waals surface area contributed by atoms with Crippen molar-refractivity contribution in [3.63, 3.8) is 0 Å². The number of nitrogens with zero attached hydrogens (tertiary/aromatic N) is 1. The first-order chi connectivity index (χ1) is 6.75. The lowest BCUT2D eigenvalue weighted by Crippen LogP contribution is -2.77. The molecule has 0 spiro atoms. The second-order valence-electron chi connectivity index (χ2n) is 2.77. The Balaban J connectivity index is 2.76. The number of aromatic nitrogens is 1. The van der Waals surface area contributed by atoms with Gasteiger partial charge in [-0.15, -0.1) is 0 Å². The van der Waals surface area contributed by atoms with Crippen LogP contribution in [0.3, 0.4) is 0 Å². The topological polar surface area (TPSA) is 53.4 Å². The molecule has 3 nitrogen and oxygen atoms in total. The summed E-state index contributed by atoms with van der Waals surface area (Å²) in [6.07, 6.45) is 5.28. The summed E-state index contributed by atoms with van der Waals surface area (Å²) in [5.74, 6) is 0. The number of nitrogens with two attached hydrogens (primary N) is 1. The van der Waals surface area contributed by atoms with Crippen LogP contribution in [0.15, 0.2) is 35.2 Å². The van der Waals surface area contributed by atoms with E-state index < -0.39 is 0 Å². The van der Waals surface area contributed by atoms with Crippen LogP contribution in [0, 0.1) is 5.41 Å². The van der Waals surface area contributed by atoms with E-state index in [1.165, 1.54) is 0 Å². The molecule has 14 heavy (non-hydrogen) atoms. The maximum Gasteiger partial charge on any atom is 0.109 e. The standard InChI is InChI=1S/C10H12BrN3/c1-2-13-7-9(11)10(12)8-3-5-14-6-4-8/h3-7,12-13H,2H2,1H3/p+1. The van der Waals surface area contributed by atoms with Crippen LogP contribution in [-0.4, -0.2) is 17.2 Å². The van der Waals surface area contributed by atoms with Gasteiger partial charge in [-0.3, -0.25) is 10.4 Å². The lowest BCUT2D eigenvalue weighted by molar-refractivity contribution is -0.584. The summed E-state index contributed by atoms with van der Waals surface area (Å²) >= 11 is 3.37. The Bertz CT molecular complexity index is 332. The highest BCUT2D eigenvalue weighted by Crippen LogP contribution is 2.11. The van der Waals surface area contributed by atoms with Gasteiger partial charge in [0, 0.05) is 18.0 Å². The van der Waals surface area contributed by atoms with E-state index in [4.69, 9.17) is 5.41 Å². The molecule has 1 aromatic heterocycles. The Morgan fingerprint density at radius 3 is 2.79 bits per heavy atom. The van der Waals surface area contributed by atoms with Crippen LogP contribution in [-0.2, 0) is 0 Å². The lowest BCUT2D eigenvalue weighted by Gasteiger charge is -2.00. The Morgan fingerprint density at radius 2 is 2.21 bits per heavy atom. The van der Waals surface area contributed by atoms with Gasteiger partial charge < -0.3 is 5.32 Å². The van der Waals surface area contributed by atoms with E-state index in [0.29, 0.717) is 5.71 Å². The van der Waals surface area contributed by atoms with Gasteiger partial charge in [-0.1, -0.05) is 0 Å². The van der Waals surface area contributed by atoms with Crippen molar-refractivity contribution in [2.75, 3.05) is 6.54 Å². The van der Waals surface area contributed by atoms with Crippen molar-refractivity contribution >= 4 is 21.6 Å². The fourth-order valence-corrected chi connectivity index (χ4v) is 1.38. The van der Waals surface area contributed by atoms with Crippen molar-refractivity contribution in [1.29, 1.82) is 5.41 Å². The Hall–Kier alpha value is -1.00. The average Bonchev–Trinajstić information content (AvgIpc) is 2.26. The summed E-state index contributed by atoms with van der Waals surface area (Å²) in [5, 5.41) is 9.86. The molecule has 0 unspecified atom stereocenters. The van der Waals surface area contributed by atoms with E-state index in [2.05, 4.69) is 27.8 Å². The molecule has 0 radical (unpaired) electrons. The van der Waals surface area contributed by atoms with Crippen molar-refractivity contribution in [2.24, 2.45) is 0 Å². The van der Waals surface area contributed by atoms with Crippen molar-refractivity contribution < 1.29 is 5.32 Å². The molecule has 0 aliphatic carbocycles. The quantitative estimate of drug-likeness (QED) is 0.782. The summed E-state index contributed by atoms with van der Waals surface area (Å²) in [6.45, 7) is 3.03. The number of rotatable bonds is 4. The lowest BCUT2D eigenvalue weighted by atomic mass is 10.1. The minimum absolute atomic E-state index is 0.483. The molecule has 4 heteroatoms. The number of hydrogen-bond donors (Lipinski definition) is 2. The van der Waals surface area contributed by atoms with Gasteiger partial charge in [0.2, 0.25) is 0 Å². The fourth-order valence-electron chi connectivity index (χ4n) is 0.961. The van der Waals surface area contributed by atoms with Crippen molar-refractivity contribution in [1.82, 2.24) is 4.98 Å². The van der Waals surface area contributed by atoms with E-state index in [1.54, 1.807) is 12.4 Å². The zero-order valence-corrected chi connectivity index (χ0v) is 9.58. The molecular weight excluding hydrogens is 242 g/mol. The molecule has 0 saturated carbocycles. The van der Waals surface area contributed by atoms with Gasteiger partial charge in [0.25, 0.3) is 0 Å². The molecule has 0 aromatic carbocycles. The van der Waals surface area contributed by atoms with Crippen LogP contribution in [0.25, 0.3) is 0 Å². The number of quaternary nitrogens is 1. The van der Waals surface area contributed by atoms with Gasteiger partial charge in [-0.05, 0) is 35.0 Å². The molecule has 0 amide bonds. The first-order valence-corrected chi connectivity index (χ1v) is 5.23. The number of halogens is 1. The van der Waals surface area contributed by atoms with Crippen LogP contribution >= 0.6 is 15.9 Å². The fraction of sp³-hybridized carbons (Fsp3) is 0.200. The molecule has 0 fully saturated rings. The zero-order valence-electron chi connectivity index (χ0n) is 8.00. The maximum absolute atomic E-state index is 7.85. The van der Waals surface area contributed by atoms with Crippen LogP contribution in [0.4, 0.5) is 0 Å². The van der Waals surface area contributed by atoms with E-state index in [0.717, 1.165) is 16.6 Å². The highest BCUT2D eigenvalue weighted by molar-refractivity contribution is 9.12. The SMILES string of the molecule is CC[NH2+]C=C(Br)C(=N)c1ccncc1. The van der Waals surface area contributed by atoms with Crippen LogP contribution in [0.1, 0.15) is 12.5 Å². The number of allylic oxidation sites excluding steroid dienone is 1. The predicted octanol–water partition coefficient (Wildman–Crippen LogP) is 1.27. The zero-order chi connectivity index (χ0) is 10.4. The van der Waals surface area contributed by atoms with E-state index >= 15 is 0 Å². The summed E-state index contributed by atoms with van der Waals surface area (Å²) in [7, 11) is 0. The van der Waals surface area contributed by atoms with Crippen LogP contribution in [0.2, 0.25) is 0 Å². The van der Waals surface area contributed by atoms with Crippen molar-refractivity contribution in [2.45, 2.75) is 6.92 Å². The van der Waals surface area contributed by atoms with Gasteiger partial charge >= 0.3 is 0 Å². The third-order valence-corrected chi connectivity index (χ3v) is 2.37. The summed E-state index contributed by atoms with van der Waals surface area (Å²) in [4.78, 5) is 3.91. The summed E-state index contributed by atoms with van der Waals surface area (Å²) in [5.41, 5.74) is 1.35. The van der Waals surface area contributed by atoms with E-state index in [-0.39, 0.29) is 0 Å². The van der Waals surface area contributed by atoms with Gasteiger partial charge in [-0.25, -0.2) is 0 Å². The average molecular weight is 255 g/mol. The van der Waals surface area contributed by atoms with Gasteiger partial charge in [0.05, 0.1) is 16.7 Å². The monoisotopic (exact) mass is 254 g/mol. The molecule has 74 valence electrons. The predicted molar refractivity (Wildman–Crippen MR) is 60.5 cm³/mol. The molecule has 0 saturated heterocycles. The molecule has 1 heterocycles. The third-order valence-electron chi connectivity index (χ3n) is 1.71. The minimum atomic E-state index is 0.483. The Morgan fingerprint density at radius 1 is 1.57 bits per heavy atom. The molecule has 1 aromatic rings. The summed E-state index contributed by atoms with van der Waals surface area (Å²) in [6, 6.07) is 3.65. The maximum atomic E-state index is 7.85. The molecule has 0 aliphatic rings. The molecule has 0 bridgehead atoms. The normalized spacial score (nSPS) is 11.4. The molecular formula is C10H13BrN3+. The molecule has 1 rings (SSSR count). The van der Waals surface area contributed by atoms with Crippen molar-refractivity contribution in [3.05, 3.63) is 40.8 Å². The number of pyridine rings is 1. The largest absolute Gasteiger partial charge is 0.319 e. The molecule has 0 atom stereocenters. The second kappa shape index (κ2) is 5.67. The number of hydrogen-bond acceptors (Lipinski definition) is 2. The van der Waals surface area contributed by atoms with E-state index in [1.807, 2.05) is 23.6 Å². The highest BCUT2D eigenvalue weighted by Gasteiger charge is 2.05. The molecule has 3 N–H and O–H groups in total. The van der Waals surface area contributed by atoms with Gasteiger partial charge in [0.1, 0.15) is 6.20 Å². The first kappa shape index (κ1) is 11.1. The molecule has 0 aliphatic heterocycles. The number of nitrogens with one attached hydrogen (secondary N) is 1. The van der Waals surface area contributed by atoms with Gasteiger partial charge in [-0.2, -0.15) is 0 Å². The smallest absolute Gasteiger partial charge is 0.109 e. The van der Waals surface area contributed by atoms with Crippen LogP contribution in [0.5, 0.6) is 0 Å². The van der Waals surface area contributed by atoms with E-state index in [9.17, 15) is 0 Å². The van der Waals surface area contributed by atoms with Crippen LogP contribution < -0.4 is 5.32 Å². The Labute approximate surface area is 91.9 Å². The minimum Gasteiger partial charge on any atom is -0.319 e. The highest BCUT2D eigenvalue weighted by atomic mass is 79.9. The summed E-state index contributed by atoms with van der Waals surface area (Å²) < 4.78 is 0.797. The third kappa shape index (κ3) is 3.05. The second-order valence-corrected chi connectivity index (χ2v) is 3.62. The Kier molecular flexibility index (Phi) is 4.49. The van der Waals surface area contributed by atoms with Crippen molar-refractivity contribution in [3.8, 4) is 0 Å². The first-order valence-electron chi connectivity index (χ1n) is 4.44.